The van der Waals surface area contributed by atoms with Crippen molar-refractivity contribution in [3.8, 4) is 11.8 Å². The highest BCUT2D eigenvalue weighted by molar-refractivity contribution is 7.09. The molecule has 0 spiro atoms. The van der Waals surface area contributed by atoms with E-state index in [9.17, 15) is 14.4 Å². The standard InChI is InChI=1S/C24H28N4O5S/c1-24(2,3)33-22(30)27-26-20(29)14-17-6-4-16(5-7-17)8-9-19-15-34-21(25-19)18-10-12-28(13-11-18)23(31)32/h4-7,15,18H,10-14H2,1-3H3,(H,26,29)(H,27,30)(H,31,32). The molecule has 1 saturated heterocycles. The summed E-state index contributed by atoms with van der Waals surface area (Å²) in [6, 6.07) is 7.26. The molecule has 0 atom stereocenters. The Morgan fingerprint density at radius 2 is 1.82 bits per heavy atom. The van der Waals surface area contributed by atoms with Gasteiger partial charge in [-0.3, -0.25) is 10.2 Å². The number of benzene rings is 1. The van der Waals surface area contributed by atoms with Crippen LogP contribution in [0.3, 0.4) is 0 Å². The monoisotopic (exact) mass is 484 g/mol. The van der Waals surface area contributed by atoms with Crippen LogP contribution in [0.1, 0.15) is 61.4 Å². The number of thiazole rings is 1. The van der Waals surface area contributed by atoms with Gasteiger partial charge in [-0.2, -0.15) is 0 Å². The van der Waals surface area contributed by atoms with E-state index in [1.54, 1.807) is 44.2 Å². The fourth-order valence-electron chi connectivity index (χ4n) is 3.35. The van der Waals surface area contributed by atoms with Crippen LogP contribution in [0.2, 0.25) is 0 Å². The fourth-order valence-corrected chi connectivity index (χ4v) is 4.27. The van der Waals surface area contributed by atoms with E-state index in [1.807, 2.05) is 17.5 Å². The van der Waals surface area contributed by atoms with Crippen molar-refractivity contribution in [1.82, 2.24) is 20.7 Å². The number of aromatic nitrogens is 1. The maximum absolute atomic E-state index is 12.0. The second-order valence-electron chi connectivity index (χ2n) is 8.91. The summed E-state index contributed by atoms with van der Waals surface area (Å²) in [5, 5.41) is 12.0. The Morgan fingerprint density at radius 1 is 1.15 bits per heavy atom. The van der Waals surface area contributed by atoms with Crippen molar-refractivity contribution < 1.29 is 24.2 Å². The third-order valence-corrected chi connectivity index (χ3v) is 6.00. The number of nitrogens with zero attached hydrogens (tertiary/aromatic N) is 2. The second-order valence-corrected chi connectivity index (χ2v) is 9.80. The van der Waals surface area contributed by atoms with Crippen molar-refractivity contribution in [1.29, 1.82) is 0 Å². The van der Waals surface area contributed by atoms with Crippen LogP contribution in [0.25, 0.3) is 0 Å². The normalized spacial score (nSPS) is 14.0. The number of carboxylic acid groups (broad SMARTS) is 1. The third kappa shape index (κ3) is 7.78. The summed E-state index contributed by atoms with van der Waals surface area (Å²) in [5.41, 5.74) is 6.16. The quantitative estimate of drug-likeness (QED) is 0.453. The van der Waals surface area contributed by atoms with Crippen LogP contribution in [0, 0.1) is 11.8 Å². The largest absolute Gasteiger partial charge is 0.465 e. The van der Waals surface area contributed by atoms with Crippen molar-refractivity contribution in [3.63, 3.8) is 0 Å². The molecule has 1 aliphatic heterocycles. The van der Waals surface area contributed by atoms with E-state index in [-0.39, 0.29) is 18.2 Å². The number of hydrazine groups is 1. The van der Waals surface area contributed by atoms with Gasteiger partial charge >= 0.3 is 12.2 Å². The summed E-state index contributed by atoms with van der Waals surface area (Å²) in [6.07, 6.45) is 0.0552. The first-order valence-corrected chi connectivity index (χ1v) is 11.8. The lowest BCUT2D eigenvalue weighted by atomic mass is 9.98. The summed E-state index contributed by atoms with van der Waals surface area (Å²) >= 11 is 1.56. The highest BCUT2D eigenvalue weighted by atomic mass is 32.1. The molecule has 0 saturated carbocycles. The van der Waals surface area contributed by atoms with Gasteiger partial charge in [0.15, 0.2) is 0 Å². The number of amides is 3. The number of ether oxygens (including phenoxy) is 1. The van der Waals surface area contributed by atoms with Gasteiger partial charge in [0.1, 0.15) is 11.3 Å². The molecule has 0 bridgehead atoms. The number of piperidine rings is 1. The maximum atomic E-state index is 12.0. The van der Waals surface area contributed by atoms with Gasteiger partial charge in [0.25, 0.3) is 0 Å². The molecule has 3 N–H and O–H groups in total. The highest BCUT2D eigenvalue weighted by Crippen LogP contribution is 2.30. The lowest BCUT2D eigenvalue weighted by Gasteiger charge is -2.28. The first kappa shape index (κ1) is 25.1. The van der Waals surface area contributed by atoms with Crippen molar-refractivity contribution in [2.24, 2.45) is 0 Å². The maximum Gasteiger partial charge on any atom is 0.426 e. The van der Waals surface area contributed by atoms with Crippen molar-refractivity contribution >= 4 is 29.4 Å². The minimum absolute atomic E-state index is 0.0969. The SMILES string of the molecule is CC(C)(C)OC(=O)NNC(=O)Cc1ccc(C#Cc2csc(C3CCN(C(=O)O)CC3)n2)cc1. The molecule has 2 aromatic rings. The van der Waals surface area contributed by atoms with Crippen LogP contribution in [0.4, 0.5) is 9.59 Å². The van der Waals surface area contributed by atoms with Gasteiger partial charge in [0, 0.05) is 30.0 Å². The Morgan fingerprint density at radius 3 is 2.44 bits per heavy atom. The van der Waals surface area contributed by atoms with Gasteiger partial charge in [-0.15, -0.1) is 11.3 Å². The number of rotatable bonds is 3. The molecular formula is C24H28N4O5S. The molecule has 10 heteroatoms. The number of hydrogen-bond acceptors (Lipinski definition) is 6. The number of hydrogen-bond donors (Lipinski definition) is 3. The van der Waals surface area contributed by atoms with Crippen LogP contribution in [-0.2, 0) is 16.0 Å². The summed E-state index contributed by atoms with van der Waals surface area (Å²) in [5.74, 6) is 6.04. The van der Waals surface area contributed by atoms with E-state index in [4.69, 9.17) is 9.84 Å². The van der Waals surface area contributed by atoms with Gasteiger partial charge in [-0.05, 0) is 57.2 Å². The third-order valence-electron chi connectivity index (χ3n) is 4.99. The molecule has 34 heavy (non-hydrogen) atoms. The number of likely N-dealkylation sites (tertiary alicyclic amines) is 1. The Kier molecular flexibility index (Phi) is 8.12. The summed E-state index contributed by atoms with van der Waals surface area (Å²) < 4.78 is 5.06. The Bertz CT molecular complexity index is 1090. The molecule has 1 aromatic carbocycles. The van der Waals surface area contributed by atoms with Crippen LogP contribution >= 0.6 is 11.3 Å². The lowest BCUT2D eigenvalue weighted by Crippen LogP contribution is -2.44. The lowest BCUT2D eigenvalue weighted by molar-refractivity contribution is -0.121. The average Bonchev–Trinajstić information content (AvgIpc) is 3.25. The Labute approximate surface area is 202 Å². The molecule has 1 fully saturated rings. The van der Waals surface area contributed by atoms with Crippen molar-refractivity contribution in [3.05, 3.63) is 51.5 Å². The predicted molar refractivity (Wildman–Crippen MR) is 127 cm³/mol. The molecule has 3 rings (SSSR count). The van der Waals surface area contributed by atoms with Gasteiger partial charge < -0.3 is 14.7 Å². The zero-order valence-corrected chi connectivity index (χ0v) is 20.2. The number of carbonyl (C=O) groups excluding carboxylic acids is 2. The number of nitrogens with one attached hydrogen (secondary N) is 2. The van der Waals surface area contributed by atoms with Crippen LogP contribution < -0.4 is 10.9 Å². The van der Waals surface area contributed by atoms with E-state index >= 15 is 0 Å². The molecule has 1 aliphatic rings. The van der Waals surface area contributed by atoms with E-state index in [1.165, 1.54) is 4.90 Å². The first-order valence-electron chi connectivity index (χ1n) is 10.9. The van der Waals surface area contributed by atoms with Crippen LogP contribution in [-0.4, -0.2) is 51.8 Å². The van der Waals surface area contributed by atoms with E-state index in [0.29, 0.717) is 18.8 Å². The summed E-state index contributed by atoms with van der Waals surface area (Å²) in [7, 11) is 0. The topological polar surface area (TPSA) is 121 Å². The zero-order chi connectivity index (χ0) is 24.7. The predicted octanol–water partition coefficient (Wildman–Crippen LogP) is 3.50. The number of carbonyl (C=O) groups is 3. The van der Waals surface area contributed by atoms with Crippen molar-refractivity contribution in [2.45, 2.75) is 51.6 Å². The molecule has 1 aromatic heterocycles. The second kappa shape index (κ2) is 11.0. The van der Waals surface area contributed by atoms with Crippen LogP contribution in [0.5, 0.6) is 0 Å². The minimum Gasteiger partial charge on any atom is -0.465 e. The van der Waals surface area contributed by atoms with E-state index in [0.717, 1.165) is 29.0 Å². The molecule has 3 amide bonds. The van der Waals surface area contributed by atoms with E-state index in [2.05, 4.69) is 27.7 Å². The Balaban J connectivity index is 1.48. The Hall–Kier alpha value is -3.58. The molecular weight excluding hydrogens is 456 g/mol. The van der Waals surface area contributed by atoms with Crippen molar-refractivity contribution in [2.75, 3.05) is 13.1 Å². The summed E-state index contributed by atoms with van der Waals surface area (Å²) in [6.45, 7) is 6.27. The van der Waals surface area contributed by atoms with Gasteiger partial charge in [0.05, 0.1) is 11.4 Å². The fraction of sp³-hybridized carbons (Fsp3) is 0.417. The van der Waals surface area contributed by atoms with Gasteiger partial charge in [0.2, 0.25) is 5.91 Å². The highest BCUT2D eigenvalue weighted by Gasteiger charge is 2.25. The molecule has 0 unspecified atom stereocenters. The molecule has 0 radical (unpaired) electrons. The minimum atomic E-state index is -0.867. The summed E-state index contributed by atoms with van der Waals surface area (Å²) in [4.78, 5) is 40.7. The van der Waals surface area contributed by atoms with E-state index < -0.39 is 17.8 Å². The molecule has 2 heterocycles. The molecule has 9 nitrogen and oxygen atoms in total. The first-order chi connectivity index (χ1) is 16.1. The van der Waals surface area contributed by atoms with Crippen LogP contribution in [0.15, 0.2) is 29.6 Å². The van der Waals surface area contributed by atoms with Gasteiger partial charge in [-0.1, -0.05) is 18.1 Å². The average molecular weight is 485 g/mol. The van der Waals surface area contributed by atoms with Gasteiger partial charge in [-0.25, -0.2) is 20.0 Å². The molecule has 0 aliphatic carbocycles. The molecule has 180 valence electrons. The zero-order valence-electron chi connectivity index (χ0n) is 19.4. The smallest absolute Gasteiger partial charge is 0.426 e.